The first-order chi connectivity index (χ1) is 11.7. The summed E-state index contributed by atoms with van der Waals surface area (Å²) in [5.74, 6) is 2.56. The van der Waals surface area contributed by atoms with Crippen molar-refractivity contribution in [3.8, 4) is 17.4 Å². The van der Waals surface area contributed by atoms with E-state index in [0.717, 1.165) is 12.4 Å². The van der Waals surface area contributed by atoms with Crippen molar-refractivity contribution in [3.63, 3.8) is 0 Å². The van der Waals surface area contributed by atoms with Gasteiger partial charge in [-0.1, -0.05) is 6.07 Å². The summed E-state index contributed by atoms with van der Waals surface area (Å²) < 4.78 is 11.4. The number of nitrogens with zero attached hydrogens (tertiary/aromatic N) is 4. The van der Waals surface area contributed by atoms with E-state index in [1.807, 2.05) is 31.1 Å². The maximum Gasteiger partial charge on any atom is 0.240 e. The molecule has 0 aliphatic carbocycles. The minimum Gasteiger partial charge on any atom is -0.493 e. The van der Waals surface area contributed by atoms with Crippen molar-refractivity contribution < 1.29 is 9.47 Å². The second kappa shape index (κ2) is 7.49. The minimum atomic E-state index is 0.456. The molecule has 1 aromatic carbocycles. The van der Waals surface area contributed by atoms with Gasteiger partial charge < -0.3 is 14.4 Å². The number of anilines is 1. The molecule has 0 unspecified atom stereocenters. The Labute approximate surface area is 143 Å². The van der Waals surface area contributed by atoms with Crippen LogP contribution in [-0.4, -0.2) is 49.2 Å². The Morgan fingerprint density at radius 3 is 2.62 bits per heavy atom. The first-order valence-electron chi connectivity index (χ1n) is 8.22. The molecule has 2 heterocycles. The number of likely N-dealkylation sites (tertiary alicyclic amines) is 1. The highest BCUT2D eigenvalue weighted by Crippen LogP contribution is 2.32. The molecule has 0 atom stereocenters. The molecule has 0 N–H and O–H groups in total. The molecule has 1 aromatic heterocycles. The van der Waals surface area contributed by atoms with Crippen LogP contribution >= 0.6 is 0 Å². The topological polar surface area (TPSA) is 50.7 Å². The first-order valence-corrected chi connectivity index (χ1v) is 8.22. The largest absolute Gasteiger partial charge is 0.493 e. The number of methoxy groups -OCH3 is 1. The smallest absolute Gasteiger partial charge is 0.240 e. The lowest BCUT2D eigenvalue weighted by atomic mass is 10.2. The van der Waals surface area contributed by atoms with Crippen LogP contribution in [0.25, 0.3) is 0 Å². The van der Waals surface area contributed by atoms with E-state index in [2.05, 4.69) is 20.9 Å². The molecular formula is C18H24N4O2. The van der Waals surface area contributed by atoms with E-state index in [-0.39, 0.29) is 0 Å². The molecule has 0 spiro atoms. The Morgan fingerprint density at radius 2 is 1.92 bits per heavy atom. The Hall–Kier alpha value is -2.34. The average Bonchev–Trinajstić information content (AvgIpc) is 3.08. The zero-order valence-electron chi connectivity index (χ0n) is 14.5. The van der Waals surface area contributed by atoms with Crippen molar-refractivity contribution in [2.24, 2.45) is 0 Å². The number of benzene rings is 1. The molecule has 6 heteroatoms. The van der Waals surface area contributed by atoms with Crippen LogP contribution in [0.3, 0.4) is 0 Å². The van der Waals surface area contributed by atoms with Crippen LogP contribution in [0, 0.1) is 0 Å². The van der Waals surface area contributed by atoms with Crippen LogP contribution in [0.1, 0.15) is 18.4 Å². The molecule has 24 heavy (non-hydrogen) atoms. The summed E-state index contributed by atoms with van der Waals surface area (Å²) >= 11 is 0. The third-order valence-electron chi connectivity index (χ3n) is 4.11. The van der Waals surface area contributed by atoms with Crippen molar-refractivity contribution in [1.82, 2.24) is 14.9 Å². The molecule has 0 bridgehead atoms. The van der Waals surface area contributed by atoms with E-state index >= 15 is 0 Å². The van der Waals surface area contributed by atoms with Gasteiger partial charge in [-0.3, -0.25) is 9.88 Å². The molecule has 1 aliphatic heterocycles. The van der Waals surface area contributed by atoms with Crippen molar-refractivity contribution in [3.05, 3.63) is 36.2 Å². The molecule has 3 rings (SSSR count). The highest BCUT2D eigenvalue weighted by molar-refractivity contribution is 5.45. The summed E-state index contributed by atoms with van der Waals surface area (Å²) in [6.07, 6.45) is 5.88. The monoisotopic (exact) mass is 328 g/mol. The fourth-order valence-corrected chi connectivity index (χ4v) is 2.81. The normalized spacial score (nSPS) is 14.6. The van der Waals surface area contributed by atoms with Crippen LogP contribution in [-0.2, 0) is 6.54 Å². The van der Waals surface area contributed by atoms with Crippen LogP contribution in [0.5, 0.6) is 17.4 Å². The second-order valence-corrected chi connectivity index (χ2v) is 6.18. The van der Waals surface area contributed by atoms with Gasteiger partial charge in [0.15, 0.2) is 17.3 Å². The standard InChI is InChI=1S/C18H24N4O2/c1-21(2)17-11-19-12-18(20-17)24-16-10-14(6-7-15(16)23-3)13-22-8-4-5-9-22/h6-7,10-12H,4-5,8-9,13H2,1-3H3. The lowest BCUT2D eigenvalue weighted by Crippen LogP contribution is -2.18. The SMILES string of the molecule is COc1ccc(CN2CCCC2)cc1Oc1cncc(N(C)C)n1. The molecule has 0 radical (unpaired) electrons. The maximum atomic E-state index is 5.95. The fourth-order valence-electron chi connectivity index (χ4n) is 2.81. The molecule has 2 aromatic rings. The number of hydrogen-bond acceptors (Lipinski definition) is 6. The summed E-state index contributed by atoms with van der Waals surface area (Å²) in [6.45, 7) is 3.26. The minimum absolute atomic E-state index is 0.456. The summed E-state index contributed by atoms with van der Waals surface area (Å²) in [7, 11) is 5.49. The lowest BCUT2D eigenvalue weighted by molar-refractivity contribution is 0.329. The molecule has 1 aliphatic rings. The van der Waals surface area contributed by atoms with E-state index in [0.29, 0.717) is 17.4 Å². The zero-order valence-corrected chi connectivity index (χ0v) is 14.5. The number of ether oxygens (including phenoxy) is 2. The van der Waals surface area contributed by atoms with Crippen LogP contribution in [0.4, 0.5) is 5.82 Å². The molecule has 6 nitrogen and oxygen atoms in total. The summed E-state index contributed by atoms with van der Waals surface area (Å²) in [4.78, 5) is 13.0. The molecule has 0 saturated carbocycles. The zero-order chi connectivity index (χ0) is 16.9. The average molecular weight is 328 g/mol. The third-order valence-corrected chi connectivity index (χ3v) is 4.11. The van der Waals surface area contributed by atoms with Gasteiger partial charge in [-0.05, 0) is 43.6 Å². The quantitative estimate of drug-likeness (QED) is 0.813. The predicted molar refractivity (Wildman–Crippen MR) is 93.9 cm³/mol. The van der Waals surface area contributed by atoms with Gasteiger partial charge in [-0.2, -0.15) is 4.98 Å². The molecular weight excluding hydrogens is 304 g/mol. The Kier molecular flexibility index (Phi) is 5.15. The van der Waals surface area contributed by atoms with Gasteiger partial charge in [0.2, 0.25) is 5.88 Å². The van der Waals surface area contributed by atoms with Gasteiger partial charge in [-0.15, -0.1) is 0 Å². The van der Waals surface area contributed by atoms with Gasteiger partial charge in [0.1, 0.15) is 0 Å². The Bertz CT molecular complexity index is 684. The van der Waals surface area contributed by atoms with E-state index in [4.69, 9.17) is 9.47 Å². The Balaban J connectivity index is 1.81. The lowest BCUT2D eigenvalue weighted by Gasteiger charge is -2.17. The van der Waals surface area contributed by atoms with E-state index in [1.165, 1.54) is 31.5 Å². The van der Waals surface area contributed by atoms with Gasteiger partial charge in [0.25, 0.3) is 0 Å². The van der Waals surface area contributed by atoms with Crippen molar-refractivity contribution in [1.29, 1.82) is 0 Å². The first kappa shape index (κ1) is 16.5. The van der Waals surface area contributed by atoms with Crippen molar-refractivity contribution >= 4 is 5.82 Å². The van der Waals surface area contributed by atoms with Crippen LogP contribution < -0.4 is 14.4 Å². The van der Waals surface area contributed by atoms with Gasteiger partial charge in [0, 0.05) is 20.6 Å². The van der Waals surface area contributed by atoms with E-state index in [9.17, 15) is 0 Å². The highest BCUT2D eigenvalue weighted by atomic mass is 16.5. The summed E-state index contributed by atoms with van der Waals surface area (Å²) in [6, 6.07) is 6.07. The van der Waals surface area contributed by atoms with Gasteiger partial charge in [0.05, 0.1) is 19.5 Å². The predicted octanol–water partition coefficient (Wildman–Crippen LogP) is 2.94. The van der Waals surface area contributed by atoms with E-state index < -0.39 is 0 Å². The molecule has 128 valence electrons. The van der Waals surface area contributed by atoms with Crippen molar-refractivity contribution in [2.45, 2.75) is 19.4 Å². The molecule has 1 saturated heterocycles. The summed E-state index contributed by atoms with van der Waals surface area (Å²) in [5.41, 5.74) is 1.21. The Morgan fingerprint density at radius 1 is 1.12 bits per heavy atom. The maximum absolute atomic E-state index is 5.95. The number of rotatable bonds is 6. The number of aromatic nitrogens is 2. The van der Waals surface area contributed by atoms with Crippen LogP contribution in [0.2, 0.25) is 0 Å². The second-order valence-electron chi connectivity index (χ2n) is 6.18. The van der Waals surface area contributed by atoms with E-state index in [1.54, 1.807) is 19.5 Å². The van der Waals surface area contributed by atoms with Crippen molar-refractivity contribution in [2.75, 3.05) is 39.2 Å². The highest BCUT2D eigenvalue weighted by Gasteiger charge is 2.14. The third kappa shape index (κ3) is 3.94. The summed E-state index contributed by atoms with van der Waals surface area (Å²) in [5, 5.41) is 0. The molecule has 1 fully saturated rings. The number of hydrogen-bond donors (Lipinski definition) is 0. The molecule has 0 amide bonds. The van der Waals surface area contributed by atoms with Crippen LogP contribution in [0.15, 0.2) is 30.6 Å². The van der Waals surface area contributed by atoms with Gasteiger partial charge >= 0.3 is 0 Å². The van der Waals surface area contributed by atoms with Gasteiger partial charge in [-0.25, -0.2) is 0 Å². The fraction of sp³-hybridized carbons (Fsp3) is 0.444.